The molecule has 1 aliphatic heterocycles. The number of methoxy groups -OCH3 is 1. The van der Waals surface area contributed by atoms with Gasteiger partial charge in [0.2, 0.25) is 5.91 Å². The number of amides is 1. The molecule has 1 amide bonds. The molecule has 1 saturated heterocycles. The highest BCUT2D eigenvalue weighted by atomic mass is 16.5. The molecule has 19 heavy (non-hydrogen) atoms. The van der Waals surface area contributed by atoms with E-state index in [0.29, 0.717) is 32.3 Å². The van der Waals surface area contributed by atoms with Gasteiger partial charge < -0.3 is 20.1 Å². The van der Waals surface area contributed by atoms with Crippen LogP contribution >= 0.6 is 0 Å². The van der Waals surface area contributed by atoms with Gasteiger partial charge in [-0.2, -0.15) is 0 Å². The van der Waals surface area contributed by atoms with Crippen LogP contribution in [0.25, 0.3) is 0 Å². The van der Waals surface area contributed by atoms with Crippen molar-refractivity contribution in [2.45, 2.75) is 25.7 Å². The minimum atomic E-state index is -0.148. The van der Waals surface area contributed by atoms with Gasteiger partial charge in [-0.1, -0.05) is 12.8 Å². The Morgan fingerprint density at radius 2 is 2.26 bits per heavy atom. The Bertz CT molecular complexity index is 298. The van der Waals surface area contributed by atoms with E-state index >= 15 is 0 Å². The number of nitrogens with one attached hydrogen (secondary N) is 2. The van der Waals surface area contributed by atoms with Crippen LogP contribution in [-0.2, 0) is 14.3 Å². The van der Waals surface area contributed by atoms with Gasteiger partial charge >= 0.3 is 0 Å². The van der Waals surface area contributed by atoms with Crippen molar-refractivity contribution >= 4 is 5.91 Å². The van der Waals surface area contributed by atoms with Crippen LogP contribution in [0.2, 0.25) is 0 Å². The summed E-state index contributed by atoms with van der Waals surface area (Å²) in [6.45, 7) is 4.18. The summed E-state index contributed by atoms with van der Waals surface area (Å²) in [6, 6.07) is 0. The Labute approximate surface area is 115 Å². The van der Waals surface area contributed by atoms with Gasteiger partial charge in [0.05, 0.1) is 25.2 Å². The average Bonchev–Trinajstić information content (AvgIpc) is 2.87. The van der Waals surface area contributed by atoms with E-state index in [9.17, 15) is 4.79 Å². The van der Waals surface area contributed by atoms with Crippen molar-refractivity contribution < 1.29 is 14.3 Å². The molecule has 0 aromatic carbocycles. The third-order valence-electron chi connectivity index (χ3n) is 4.45. The highest BCUT2D eigenvalue weighted by Gasteiger charge is 2.49. The van der Waals surface area contributed by atoms with Gasteiger partial charge in [0, 0.05) is 20.2 Å². The van der Waals surface area contributed by atoms with Gasteiger partial charge in [0.25, 0.3) is 0 Å². The maximum Gasteiger partial charge on any atom is 0.227 e. The van der Waals surface area contributed by atoms with Crippen molar-refractivity contribution in [1.82, 2.24) is 10.6 Å². The first-order chi connectivity index (χ1) is 9.29. The molecule has 0 spiro atoms. The molecule has 5 heteroatoms. The summed E-state index contributed by atoms with van der Waals surface area (Å²) < 4.78 is 10.3. The lowest BCUT2D eigenvalue weighted by Gasteiger charge is -2.37. The van der Waals surface area contributed by atoms with Crippen molar-refractivity contribution in [3.8, 4) is 0 Å². The molecule has 0 aromatic heterocycles. The van der Waals surface area contributed by atoms with Crippen LogP contribution in [-0.4, -0.2) is 52.5 Å². The predicted octanol–water partition coefficient (Wildman–Crippen LogP) is 0.545. The highest BCUT2D eigenvalue weighted by Crippen LogP contribution is 2.43. The van der Waals surface area contributed by atoms with E-state index in [1.54, 1.807) is 7.11 Å². The zero-order valence-corrected chi connectivity index (χ0v) is 11.9. The molecule has 110 valence electrons. The number of rotatable bonds is 7. The molecule has 1 heterocycles. The van der Waals surface area contributed by atoms with Gasteiger partial charge in [-0.3, -0.25) is 4.79 Å². The fourth-order valence-electron chi connectivity index (χ4n) is 3.35. The summed E-state index contributed by atoms with van der Waals surface area (Å²) in [6.07, 6.45) is 4.66. The van der Waals surface area contributed by atoms with Crippen LogP contribution < -0.4 is 10.6 Å². The van der Waals surface area contributed by atoms with E-state index < -0.39 is 0 Å². The van der Waals surface area contributed by atoms with Crippen LogP contribution in [0.1, 0.15) is 25.7 Å². The summed E-state index contributed by atoms with van der Waals surface area (Å²) >= 11 is 0. The topological polar surface area (TPSA) is 59.6 Å². The normalized spacial score (nSPS) is 30.1. The maximum absolute atomic E-state index is 12.5. The molecule has 0 bridgehead atoms. The molecular weight excluding hydrogens is 244 g/mol. The Balaban J connectivity index is 1.72. The highest BCUT2D eigenvalue weighted by molar-refractivity contribution is 5.83. The third kappa shape index (κ3) is 3.46. The molecule has 2 atom stereocenters. The van der Waals surface area contributed by atoms with E-state index in [1.807, 2.05) is 0 Å². The zero-order valence-electron chi connectivity index (χ0n) is 11.9. The lowest BCUT2D eigenvalue weighted by Crippen LogP contribution is -2.48. The quantitative estimate of drug-likeness (QED) is 0.663. The Morgan fingerprint density at radius 3 is 3.11 bits per heavy atom. The van der Waals surface area contributed by atoms with Crippen molar-refractivity contribution in [2.75, 3.05) is 46.6 Å². The lowest BCUT2D eigenvalue weighted by atomic mass is 9.67. The molecule has 0 unspecified atom stereocenters. The van der Waals surface area contributed by atoms with Crippen molar-refractivity contribution in [3.63, 3.8) is 0 Å². The predicted molar refractivity (Wildman–Crippen MR) is 73.0 cm³/mol. The largest absolute Gasteiger partial charge is 0.382 e. The van der Waals surface area contributed by atoms with E-state index in [0.717, 1.165) is 19.5 Å². The first-order valence-corrected chi connectivity index (χ1v) is 7.35. The van der Waals surface area contributed by atoms with Gasteiger partial charge in [-0.25, -0.2) is 0 Å². The molecule has 2 rings (SSSR count). The number of ether oxygens (including phenoxy) is 2. The zero-order chi connectivity index (χ0) is 13.6. The summed E-state index contributed by atoms with van der Waals surface area (Å²) in [7, 11) is 1.65. The lowest BCUT2D eigenvalue weighted by molar-refractivity contribution is -0.134. The van der Waals surface area contributed by atoms with Crippen LogP contribution in [0.15, 0.2) is 0 Å². The van der Waals surface area contributed by atoms with E-state index in [2.05, 4.69) is 10.6 Å². The van der Waals surface area contributed by atoms with Crippen molar-refractivity contribution in [2.24, 2.45) is 11.3 Å². The molecular formula is C14H26N2O3. The van der Waals surface area contributed by atoms with Gasteiger partial charge in [0.1, 0.15) is 0 Å². The first-order valence-electron chi connectivity index (χ1n) is 7.35. The van der Waals surface area contributed by atoms with Crippen LogP contribution in [0.3, 0.4) is 0 Å². The second-order valence-electron chi connectivity index (χ2n) is 5.59. The maximum atomic E-state index is 12.5. The summed E-state index contributed by atoms with van der Waals surface area (Å²) in [4.78, 5) is 12.5. The van der Waals surface area contributed by atoms with Crippen molar-refractivity contribution in [1.29, 1.82) is 0 Å². The monoisotopic (exact) mass is 270 g/mol. The minimum absolute atomic E-state index is 0.148. The molecule has 2 fully saturated rings. The molecule has 2 N–H and O–H groups in total. The first kappa shape index (κ1) is 14.8. The summed E-state index contributed by atoms with van der Waals surface area (Å²) in [5, 5.41) is 6.44. The molecule has 2 aliphatic rings. The smallest absolute Gasteiger partial charge is 0.227 e. The molecule has 5 nitrogen and oxygen atoms in total. The molecule has 0 aromatic rings. The number of carbonyl (C=O) groups excluding carboxylic acids is 1. The minimum Gasteiger partial charge on any atom is -0.382 e. The molecule has 1 aliphatic carbocycles. The summed E-state index contributed by atoms with van der Waals surface area (Å²) in [5.41, 5.74) is -0.148. The number of hydrogen-bond donors (Lipinski definition) is 2. The molecule has 0 radical (unpaired) electrons. The van der Waals surface area contributed by atoms with Crippen LogP contribution in [0.4, 0.5) is 0 Å². The van der Waals surface area contributed by atoms with E-state index in [4.69, 9.17) is 9.47 Å². The second kappa shape index (κ2) is 7.22. The van der Waals surface area contributed by atoms with Gasteiger partial charge in [-0.05, 0) is 25.3 Å². The fourth-order valence-corrected chi connectivity index (χ4v) is 3.35. The standard InChI is InChI=1S/C14H26N2O3/c1-18-8-9-19-7-6-16-13(17)14-5-3-2-4-12(14)10-15-11-14/h12,15H,2-11H2,1H3,(H,16,17)/t12-,14+/m0/s1. The van der Waals surface area contributed by atoms with Gasteiger partial charge in [0.15, 0.2) is 0 Å². The average molecular weight is 270 g/mol. The van der Waals surface area contributed by atoms with Gasteiger partial charge in [-0.15, -0.1) is 0 Å². The Morgan fingerprint density at radius 1 is 1.37 bits per heavy atom. The molecule has 1 saturated carbocycles. The number of fused-ring (bicyclic) bond motifs is 1. The van der Waals surface area contributed by atoms with E-state index in [1.165, 1.54) is 19.3 Å². The number of hydrogen-bond acceptors (Lipinski definition) is 4. The van der Waals surface area contributed by atoms with Crippen LogP contribution in [0.5, 0.6) is 0 Å². The number of carbonyl (C=O) groups is 1. The fraction of sp³-hybridized carbons (Fsp3) is 0.929. The second-order valence-corrected chi connectivity index (χ2v) is 5.59. The SMILES string of the molecule is COCCOCCNC(=O)[C@@]12CCCC[C@H]1CNC2. The van der Waals surface area contributed by atoms with Crippen LogP contribution in [0, 0.1) is 11.3 Å². The Hall–Kier alpha value is -0.650. The van der Waals surface area contributed by atoms with Crippen molar-refractivity contribution in [3.05, 3.63) is 0 Å². The van der Waals surface area contributed by atoms with E-state index in [-0.39, 0.29) is 11.3 Å². The Kier molecular flexibility index (Phi) is 5.60. The third-order valence-corrected chi connectivity index (χ3v) is 4.45. The summed E-state index contributed by atoms with van der Waals surface area (Å²) in [5.74, 6) is 0.744.